The second-order valence-electron chi connectivity index (χ2n) is 11.9. The molecule has 0 atom stereocenters. The Labute approximate surface area is 269 Å². The van der Waals surface area contributed by atoms with Gasteiger partial charge in [0.2, 0.25) is 0 Å². The summed E-state index contributed by atoms with van der Waals surface area (Å²) in [5.41, 5.74) is 0.918. The van der Waals surface area contributed by atoms with E-state index in [0.29, 0.717) is 61.2 Å². The number of aromatic nitrogens is 2. The first-order chi connectivity index (χ1) is 22.1. The number of hydrogen-bond acceptors (Lipinski definition) is 8. The van der Waals surface area contributed by atoms with Crippen LogP contribution in [-0.4, -0.2) is 72.1 Å². The van der Waals surface area contributed by atoms with Crippen LogP contribution in [0.3, 0.4) is 0 Å². The van der Waals surface area contributed by atoms with Crippen LogP contribution >= 0.6 is 11.3 Å². The standard InChI is InChI=1S/C34H39F2N3O6S/c1-37(15-16-44-2)18-27-30-32(42)39(23-11-13-24(40)14-12-23)34(43)38(19-26-28(35)5-4-6-29(26)36)33(30)46-31(27)22-9-7-21(8-10-22)17-25(41)20-45-3/h4-10,23-24,40H,11-20H2,1-3H3. The summed E-state index contributed by atoms with van der Waals surface area (Å²) in [6.07, 6.45) is 1.45. The second-order valence-corrected chi connectivity index (χ2v) is 12.9. The van der Waals surface area contributed by atoms with Gasteiger partial charge in [-0.05, 0) is 61.6 Å². The first kappa shape index (κ1) is 33.8. The third-order valence-electron chi connectivity index (χ3n) is 8.54. The number of likely N-dealkylation sites (N-methyl/N-ethyl adjacent to an activating group) is 1. The van der Waals surface area contributed by atoms with Gasteiger partial charge in [-0.15, -0.1) is 11.3 Å². The predicted octanol–water partition coefficient (Wildman–Crippen LogP) is 4.53. The molecule has 0 radical (unpaired) electrons. The molecule has 2 heterocycles. The van der Waals surface area contributed by atoms with Gasteiger partial charge >= 0.3 is 5.69 Å². The summed E-state index contributed by atoms with van der Waals surface area (Å²) in [4.78, 5) is 43.8. The number of rotatable bonds is 13. The van der Waals surface area contributed by atoms with Crippen molar-refractivity contribution in [2.45, 2.75) is 57.3 Å². The molecule has 2 aromatic heterocycles. The Morgan fingerprint density at radius 1 is 1.00 bits per heavy atom. The van der Waals surface area contributed by atoms with E-state index in [1.807, 2.05) is 36.2 Å². The van der Waals surface area contributed by atoms with Gasteiger partial charge in [0.25, 0.3) is 5.56 Å². The van der Waals surface area contributed by atoms with Gasteiger partial charge in [0.05, 0.1) is 24.6 Å². The van der Waals surface area contributed by atoms with Crippen molar-refractivity contribution in [1.82, 2.24) is 14.0 Å². The number of methoxy groups -OCH3 is 2. The van der Waals surface area contributed by atoms with Crippen LogP contribution < -0.4 is 11.2 Å². The molecule has 0 spiro atoms. The smallest absolute Gasteiger partial charge is 0.332 e. The molecule has 4 aromatic rings. The van der Waals surface area contributed by atoms with Crippen molar-refractivity contribution < 1.29 is 28.2 Å². The van der Waals surface area contributed by atoms with Gasteiger partial charge in [-0.25, -0.2) is 13.6 Å². The second kappa shape index (κ2) is 14.9. The molecule has 0 aliphatic heterocycles. The van der Waals surface area contributed by atoms with Crippen LogP contribution in [-0.2, 0) is 33.8 Å². The zero-order chi connectivity index (χ0) is 33.0. The molecule has 1 N–H and O–H groups in total. The largest absolute Gasteiger partial charge is 0.393 e. The Morgan fingerprint density at radius 3 is 2.30 bits per heavy atom. The number of aliphatic hydroxyl groups is 1. The molecule has 1 aliphatic carbocycles. The SMILES string of the molecule is COCCN(C)Cc1c(-c2ccc(CC(=O)COC)cc2)sc2c1c(=O)n(C1CCC(O)CC1)c(=O)n2Cc1c(F)cccc1F. The van der Waals surface area contributed by atoms with Crippen LogP contribution in [0.4, 0.5) is 8.78 Å². The fraction of sp³-hybridized carbons (Fsp3) is 0.441. The maximum atomic E-state index is 15.0. The lowest BCUT2D eigenvalue weighted by molar-refractivity contribution is -0.121. The van der Waals surface area contributed by atoms with E-state index in [4.69, 9.17) is 9.47 Å². The van der Waals surface area contributed by atoms with Crippen LogP contribution in [0.15, 0.2) is 52.1 Å². The highest BCUT2D eigenvalue weighted by atomic mass is 32.1. The maximum Gasteiger partial charge on any atom is 0.332 e. The average molecular weight is 656 g/mol. The highest BCUT2D eigenvalue weighted by molar-refractivity contribution is 7.22. The van der Waals surface area contributed by atoms with Crippen LogP contribution in [0, 0.1) is 11.6 Å². The van der Waals surface area contributed by atoms with E-state index in [1.165, 1.54) is 33.6 Å². The molecule has 1 aliphatic rings. The summed E-state index contributed by atoms with van der Waals surface area (Å²) in [7, 11) is 4.99. The zero-order valence-corrected chi connectivity index (χ0v) is 27.1. The average Bonchev–Trinajstić information content (AvgIpc) is 3.39. The number of carbonyl (C=O) groups excluding carboxylic acids is 1. The summed E-state index contributed by atoms with van der Waals surface area (Å²) < 4.78 is 42.7. The lowest BCUT2D eigenvalue weighted by Gasteiger charge is -2.27. The predicted molar refractivity (Wildman–Crippen MR) is 174 cm³/mol. The van der Waals surface area contributed by atoms with Gasteiger partial charge in [0, 0.05) is 50.2 Å². The molecule has 5 rings (SSSR count). The van der Waals surface area contributed by atoms with Crippen LogP contribution in [0.1, 0.15) is 48.4 Å². The molecule has 46 heavy (non-hydrogen) atoms. The Bertz CT molecular complexity index is 1790. The third-order valence-corrected chi connectivity index (χ3v) is 9.84. The number of nitrogens with zero attached hydrogens (tertiary/aromatic N) is 3. The minimum atomic E-state index is -0.784. The highest BCUT2D eigenvalue weighted by Gasteiger charge is 2.29. The van der Waals surface area contributed by atoms with E-state index in [1.54, 1.807) is 7.11 Å². The number of Topliss-reactive ketones (excluding diaryl/α,β-unsaturated/α-hetero) is 1. The molecule has 12 heteroatoms. The van der Waals surface area contributed by atoms with E-state index < -0.39 is 41.6 Å². The molecule has 2 aromatic carbocycles. The van der Waals surface area contributed by atoms with Gasteiger partial charge in [0.1, 0.15) is 23.1 Å². The van der Waals surface area contributed by atoms with E-state index >= 15 is 0 Å². The minimum Gasteiger partial charge on any atom is -0.393 e. The number of ether oxygens (including phenoxy) is 2. The topological polar surface area (TPSA) is 103 Å². The molecule has 1 fully saturated rings. The van der Waals surface area contributed by atoms with Crippen molar-refractivity contribution in [3.05, 3.63) is 91.6 Å². The number of thiophene rings is 1. The van der Waals surface area contributed by atoms with Gasteiger partial charge in [-0.1, -0.05) is 30.3 Å². The fourth-order valence-electron chi connectivity index (χ4n) is 6.10. The van der Waals surface area contributed by atoms with E-state index in [2.05, 4.69) is 0 Å². The van der Waals surface area contributed by atoms with E-state index in [9.17, 15) is 28.3 Å². The van der Waals surface area contributed by atoms with E-state index in [0.717, 1.165) is 28.1 Å². The lowest BCUT2D eigenvalue weighted by Crippen LogP contribution is -2.43. The molecule has 0 amide bonds. The summed E-state index contributed by atoms with van der Waals surface area (Å²) in [6.45, 7) is 0.996. The first-order valence-corrected chi connectivity index (χ1v) is 16.1. The summed E-state index contributed by atoms with van der Waals surface area (Å²) in [5.74, 6) is -1.63. The molecule has 9 nitrogen and oxygen atoms in total. The maximum absolute atomic E-state index is 15.0. The molecule has 246 valence electrons. The Kier molecular flexibility index (Phi) is 11.0. The number of halogens is 2. The zero-order valence-electron chi connectivity index (χ0n) is 26.3. The van der Waals surface area contributed by atoms with Crippen molar-refractivity contribution in [3.8, 4) is 10.4 Å². The number of fused-ring (bicyclic) bond motifs is 1. The Balaban J connectivity index is 1.74. The molecule has 0 bridgehead atoms. The highest BCUT2D eigenvalue weighted by Crippen LogP contribution is 2.39. The van der Waals surface area contributed by atoms with Crippen molar-refractivity contribution in [3.63, 3.8) is 0 Å². The number of benzene rings is 2. The van der Waals surface area contributed by atoms with Crippen LogP contribution in [0.2, 0.25) is 0 Å². The normalized spacial score (nSPS) is 16.8. The lowest BCUT2D eigenvalue weighted by atomic mass is 9.93. The Morgan fingerprint density at radius 2 is 1.67 bits per heavy atom. The third kappa shape index (κ3) is 7.21. The van der Waals surface area contributed by atoms with Crippen molar-refractivity contribution >= 4 is 27.3 Å². The summed E-state index contributed by atoms with van der Waals surface area (Å²) in [5, 5.41) is 10.5. The molecule has 0 saturated heterocycles. The minimum absolute atomic E-state index is 0.0163. The summed E-state index contributed by atoms with van der Waals surface area (Å²) >= 11 is 1.23. The van der Waals surface area contributed by atoms with Crippen molar-refractivity contribution in [2.75, 3.05) is 41.0 Å². The van der Waals surface area contributed by atoms with E-state index in [-0.39, 0.29) is 24.4 Å². The van der Waals surface area contributed by atoms with Gasteiger partial charge in [0.15, 0.2) is 5.78 Å². The number of aliphatic hydroxyl groups excluding tert-OH is 1. The van der Waals surface area contributed by atoms with Gasteiger partial charge in [-0.2, -0.15) is 0 Å². The molecule has 1 saturated carbocycles. The number of hydrogen-bond donors (Lipinski definition) is 1. The van der Waals surface area contributed by atoms with Crippen LogP contribution in [0.25, 0.3) is 20.7 Å². The summed E-state index contributed by atoms with van der Waals surface area (Å²) in [6, 6.07) is 10.5. The van der Waals surface area contributed by atoms with Crippen LogP contribution in [0.5, 0.6) is 0 Å². The van der Waals surface area contributed by atoms with Gasteiger partial charge in [-0.3, -0.25) is 23.6 Å². The molecular weight excluding hydrogens is 616 g/mol. The monoisotopic (exact) mass is 655 g/mol. The first-order valence-electron chi connectivity index (χ1n) is 15.3. The number of ketones is 1. The molecular formula is C34H39F2N3O6S. The van der Waals surface area contributed by atoms with Crippen molar-refractivity contribution in [2.24, 2.45) is 0 Å². The molecule has 0 unspecified atom stereocenters. The number of carbonyl (C=O) groups is 1. The fourth-order valence-corrected chi connectivity index (χ4v) is 7.40. The quantitative estimate of drug-likeness (QED) is 0.226. The van der Waals surface area contributed by atoms with Gasteiger partial charge < -0.3 is 14.6 Å². The van der Waals surface area contributed by atoms with Crippen molar-refractivity contribution in [1.29, 1.82) is 0 Å². The Hall–Kier alpha value is -3.55.